The van der Waals surface area contributed by atoms with Gasteiger partial charge in [0.1, 0.15) is 5.82 Å². The zero-order chi connectivity index (χ0) is 19.8. The minimum Gasteiger partial charge on any atom is -0.395 e. The SMILES string of the molecule is O=c1c2ccccc2nc(C2CCCN2Cc2n[nH]c3c2CCCC3)n1CCO. The largest absolute Gasteiger partial charge is 0.395 e. The smallest absolute Gasteiger partial charge is 0.261 e. The van der Waals surface area contributed by atoms with Gasteiger partial charge in [0.25, 0.3) is 5.56 Å². The summed E-state index contributed by atoms with van der Waals surface area (Å²) in [5.41, 5.74) is 4.49. The summed E-state index contributed by atoms with van der Waals surface area (Å²) in [6.07, 6.45) is 6.68. The van der Waals surface area contributed by atoms with Crippen LogP contribution in [0, 0.1) is 0 Å². The molecule has 3 aromatic rings. The van der Waals surface area contributed by atoms with Crippen LogP contribution in [0.15, 0.2) is 29.1 Å². The van der Waals surface area contributed by atoms with Crippen LogP contribution in [0.3, 0.4) is 0 Å². The van der Waals surface area contributed by atoms with Crippen molar-refractivity contribution in [1.82, 2.24) is 24.6 Å². The van der Waals surface area contributed by atoms with Gasteiger partial charge in [-0.05, 0) is 62.8 Å². The number of aliphatic hydroxyl groups excluding tert-OH is 1. The fraction of sp³-hybridized carbons (Fsp3) is 0.500. The van der Waals surface area contributed by atoms with Gasteiger partial charge in [0, 0.05) is 12.2 Å². The molecule has 0 radical (unpaired) electrons. The Balaban J connectivity index is 1.52. The van der Waals surface area contributed by atoms with E-state index in [9.17, 15) is 9.90 Å². The van der Waals surface area contributed by atoms with E-state index >= 15 is 0 Å². The molecule has 7 nitrogen and oxygen atoms in total. The van der Waals surface area contributed by atoms with Crippen LogP contribution in [-0.4, -0.2) is 42.9 Å². The first-order valence-corrected chi connectivity index (χ1v) is 10.7. The number of aliphatic hydroxyl groups is 1. The molecule has 3 heterocycles. The van der Waals surface area contributed by atoms with E-state index < -0.39 is 0 Å². The first-order chi connectivity index (χ1) is 14.3. The second-order valence-electron chi connectivity index (χ2n) is 8.13. The lowest BCUT2D eigenvalue weighted by Gasteiger charge is -2.26. The number of aromatic amines is 1. The maximum atomic E-state index is 13.1. The predicted molar refractivity (Wildman–Crippen MR) is 111 cm³/mol. The number of nitrogens with zero attached hydrogens (tertiary/aromatic N) is 4. The van der Waals surface area contributed by atoms with E-state index in [-0.39, 0.29) is 24.8 Å². The number of rotatable bonds is 5. The van der Waals surface area contributed by atoms with Crippen molar-refractivity contribution in [1.29, 1.82) is 0 Å². The molecule has 0 spiro atoms. The molecule has 29 heavy (non-hydrogen) atoms. The molecular formula is C22H27N5O2. The highest BCUT2D eigenvalue weighted by molar-refractivity contribution is 5.77. The standard InChI is InChI=1S/C22H27N5O2/c28-13-12-27-21(23-17-8-3-2-7-16(17)22(27)29)20-10-5-11-26(20)14-19-15-6-1-4-9-18(15)24-25-19/h2-3,7-8,20,28H,1,4-6,9-14H2,(H,24,25). The van der Waals surface area contributed by atoms with Gasteiger partial charge in [-0.2, -0.15) is 5.10 Å². The van der Waals surface area contributed by atoms with Crippen LogP contribution >= 0.6 is 0 Å². The summed E-state index contributed by atoms with van der Waals surface area (Å²) in [5, 5.41) is 18.0. The Bertz CT molecular complexity index is 1090. The molecule has 1 aliphatic heterocycles. The second-order valence-corrected chi connectivity index (χ2v) is 8.13. The van der Waals surface area contributed by atoms with E-state index in [4.69, 9.17) is 4.98 Å². The molecule has 1 saturated heterocycles. The molecule has 0 saturated carbocycles. The zero-order valence-electron chi connectivity index (χ0n) is 16.6. The number of nitrogens with one attached hydrogen (secondary N) is 1. The van der Waals surface area contributed by atoms with Gasteiger partial charge >= 0.3 is 0 Å². The number of aromatic nitrogens is 4. The number of hydrogen-bond acceptors (Lipinski definition) is 5. The van der Waals surface area contributed by atoms with Crippen molar-refractivity contribution >= 4 is 10.9 Å². The Labute approximate surface area is 169 Å². The van der Waals surface area contributed by atoms with E-state index in [0.29, 0.717) is 5.39 Å². The van der Waals surface area contributed by atoms with E-state index in [0.717, 1.165) is 55.8 Å². The Morgan fingerprint density at radius 3 is 2.93 bits per heavy atom. The molecule has 2 N–H and O–H groups in total. The van der Waals surface area contributed by atoms with Gasteiger partial charge in [0.15, 0.2) is 0 Å². The summed E-state index contributed by atoms with van der Waals surface area (Å²) in [6, 6.07) is 7.54. The monoisotopic (exact) mass is 393 g/mol. The summed E-state index contributed by atoms with van der Waals surface area (Å²) in [7, 11) is 0. The fourth-order valence-electron chi connectivity index (χ4n) is 4.94. The Morgan fingerprint density at radius 2 is 2.03 bits per heavy atom. The van der Waals surface area contributed by atoms with Gasteiger partial charge in [-0.15, -0.1) is 0 Å². The summed E-state index contributed by atoms with van der Waals surface area (Å²) < 4.78 is 1.67. The summed E-state index contributed by atoms with van der Waals surface area (Å²) in [6.45, 7) is 1.94. The normalized spacial score (nSPS) is 19.7. The Hall–Kier alpha value is -2.51. The fourth-order valence-corrected chi connectivity index (χ4v) is 4.94. The molecule has 5 rings (SSSR count). The van der Waals surface area contributed by atoms with Gasteiger partial charge in [-0.25, -0.2) is 4.98 Å². The molecule has 1 aliphatic carbocycles. The van der Waals surface area contributed by atoms with Crippen molar-refractivity contribution in [3.8, 4) is 0 Å². The van der Waals surface area contributed by atoms with Crippen molar-refractivity contribution in [3.05, 3.63) is 57.4 Å². The lowest BCUT2D eigenvalue weighted by molar-refractivity contribution is 0.220. The zero-order valence-corrected chi connectivity index (χ0v) is 16.6. The molecule has 7 heteroatoms. The first kappa shape index (κ1) is 18.5. The molecular weight excluding hydrogens is 366 g/mol. The quantitative estimate of drug-likeness (QED) is 0.695. The van der Waals surface area contributed by atoms with Crippen molar-refractivity contribution in [2.45, 2.75) is 57.7 Å². The van der Waals surface area contributed by atoms with Crippen LogP contribution in [0.2, 0.25) is 0 Å². The number of hydrogen-bond donors (Lipinski definition) is 2. The van der Waals surface area contributed by atoms with Crippen LogP contribution < -0.4 is 5.56 Å². The highest BCUT2D eigenvalue weighted by Crippen LogP contribution is 2.33. The predicted octanol–water partition coefficient (Wildman–Crippen LogP) is 2.33. The number of fused-ring (bicyclic) bond motifs is 2. The molecule has 152 valence electrons. The van der Waals surface area contributed by atoms with Crippen LogP contribution in [0.4, 0.5) is 0 Å². The third-order valence-electron chi connectivity index (χ3n) is 6.37. The third kappa shape index (κ3) is 3.28. The molecule has 1 aromatic carbocycles. The van der Waals surface area contributed by atoms with E-state index in [1.165, 1.54) is 24.1 Å². The molecule has 1 atom stereocenters. The average molecular weight is 393 g/mol. The van der Waals surface area contributed by atoms with Gasteiger partial charge in [-0.3, -0.25) is 19.4 Å². The van der Waals surface area contributed by atoms with Crippen molar-refractivity contribution in [2.75, 3.05) is 13.2 Å². The molecule has 2 aliphatic rings. The number of H-pyrrole nitrogens is 1. The summed E-state index contributed by atoms with van der Waals surface area (Å²) >= 11 is 0. The van der Waals surface area contributed by atoms with Crippen LogP contribution in [0.25, 0.3) is 10.9 Å². The highest BCUT2D eigenvalue weighted by atomic mass is 16.3. The number of aryl methyl sites for hydroxylation is 1. The molecule has 1 unspecified atom stereocenters. The van der Waals surface area contributed by atoms with E-state index in [1.54, 1.807) is 4.57 Å². The Morgan fingerprint density at radius 1 is 1.17 bits per heavy atom. The Kier molecular flexibility index (Phi) is 4.93. The van der Waals surface area contributed by atoms with Gasteiger partial charge in [-0.1, -0.05) is 12.1 Å². The van der Waals surface area contributed by atoms with Crippen LogP contribution in [0.5, 0.6) is 0 Å². The average Bonchev–Trinajstić information content (AvgIpc) is 3.38. The molecule has 1 fully saturated rings. The molecule has 2 aromatic heterocycles. The van der Waals surface area contributed by atoms with Gasteiger partial charge < -0.3 is 5.11 Å². The van der Waals surface area contributed by atoms with Crippen molar-refractivity contribution in [2.24, 2.45) is 0 Å². The topological polar surface area (TPSA) is 87.0 Å². The van der Waals surface area contributed by atoms with Crippen molar-refractivity contribution < 1.29 is 5.11 Å². The molecule has 0 amide bonds. The lowest BCUT2D eigenvalue weighted by atomic mass is 9.96. The van der Waals surface area contributed by atoms with E-state index in [1.807, 2.05) is 24.3 Å². The number of likely N-dealkylation sites (tertiary alicyclic amines) is 1. The maximum Gasteiger partial charge on any atom is 0.261 e. The summed E-state index contributed by atoms with van der Waals surface area (Å²) in [5.74, 6) is 0.768. The molecule has 0 bridgehead atoms. The van der Waals surface area contributed by atoms with Gasteiger partial charge in [0.2, 0.25) is 0 Å². The second kappa shape index (κ2) is 7.72. The number of para-hydroxylation sites is 1. The minimum absolute atomic E-state index is 0.0646. The third-order valence-corrected chi connectivity index (χ3v) is 6.37. The highest BCUT2D eigenvalue weighted by Gasteiger charge is 2.32. The van der Waals surface area contributed by atoms with Crippen LogP contribution in [0.1, 0.15) is 54.5 Å². The summed E-state index contributed by atoms with van der Waals surface area (Å²) in [4.78, 5) is 20.4. The lowest BCUT2D eigenvalue weighted by Crippen LogP contribution is -2.33. The first-order valence-electron chi connectivity index (χ1n) is 10.7. The number of benzene rings is 1. The maximum absolute atomic E-state index is 13.1. The van der Waals surface area contributed by atoms with Gasteiger partial charge in [0.05, 0.1) is 35.8 Å². The van der Waals surface area contributed by atoms with Crippen molar-refractivity contribution in [3.63, 3.8) is 0 Å². The van der Waals surface area contributed by atoms with Crippen LogP contribution in [-0.2, 0) is 25.9 Å². The minimum atomic E-state index is -0.0769. The van der Waals surface area contributed by atoms with E-state index in [2.05, 4.69) is 15.1 Å².